The molecule has 3 atom stereocenters. The molecule has 3 unspecified atom stereocenters. The lowest BCUT2D eigenvalue weighted by Gasteiger charge is -2.06. The van der Waals surface area contributed by atoms with E-state index in [4.69, 9.17) is 87.5 Å². The minimum absolute atomic E-state index is 0.0639. The van der Waals surface area contributed by atoms with Crippen LogP contribution in [0.5, 0.6) is 0 Å². The minimum Gasteiger partial charge on any atom is -0.498 e. The van der Waals surface area contributed by atoms with E-state index in [-0.39, 0.29) is 91.8 Å². The number of epoxide rings is 3. The summed E-state index contributed by atoms with van der Waals surface area (Å²) in [5.74, 6) is -1.38. The van der Waals surface area contributed by atoms with Crippen LogP contribution < -0.4 is 0 Å². The molecule has 0 aromatic heterocycles. The van der Waals surface area contributed by atoms with Crippen molar-refractivity contribution in [3.8, 4) is 24.9 Å². The van der Waals surface area contributed by atoms with Crippen molar-refractivity contribution in [1.82, 2.24) is 0 Å². The van der Waals surface area contributed by atoms with Crippen LogP contribution in [-0.4, -0.2) is 170 Å². The van der Waals surface area contributed by atoms with Gasteiger partial charge in [-0.1, -0.05) is 76.3 Å². The fourth-order valence-corrected chi connectivity index (χ4v) is 4.24. The van der Waals surface area contributed by atoms with Crippen LogP contribution in [0.4, 0.5) is 0 Å². The van der Waals surface area contributed by atoms with Crippen LogP contribution in [0.25, 0.3) is 0 Å². The molecule has 3 fully saturated rings. The van der Waals surface area contributed by atoms with Crippen molar-refractivity contribution in [1.29, 1.82) is 10.5 Å². The molecule has 27 heteroatoms. The molecule has 0 bridgehead atoms. The summed E-state index contributed by atoms with van der Waals surface area (Å²) in [5, 5.41) is 14.5. The van der Waals surface area contributed by atoms with Gasteiger partial charge in [-0.2, -0.15) is 10.5 Å². The Balaban J connectivity index is -0.000000470. The number of rotatable bonds is 32. The van der Waals surface area contributed by atoms with E-state index >= 15 is 0 Å². The van der Waals surface area contributed by atoms with Gasteiger partial charge in [-0.15, -0.1) is 13.0 Å². The zero-order valence-electron chi connectivity index (χ0n) is 50.3. The first-order chi connectivity index (χ1) is 41.7. The summed E-state index contributed by atoms with van der Waals surface area (Å²) in [6.45, 7) is 40.7. The van der Waals surface area contributed by atoms with Gasteiger partial charge < -0.3 is 66.3 Å². The molecule has 1 aromatic rings. The third kappa shape index (κ3) is 61.8. The van der Waals surface area contributed by atoms with E-state index in [9.17, 15) is 43.2 Å². The van der Waals surface area contributed by atoms with E-state index in [0.29, 0.717) is 76.0 Å². The maximum Gasteiger partial charge on any atom is 0.340 e. The van der Waals surface area contributed by atoms with Gasteiger partial charge in [-0.05, 0) is 76.4 Å². The third-order valence-corrected chi connectivity index (χ3v) is 8.93. The maximum atomic E-state index is 11.7. The zero-order chi connectivity index (χ0) is 67.7. The van der Waals surface area contributed by atoms with E-state index in [0.717, 1.165) is 19.8 Å². The van der Waals surface area contributed by atoms with Crippen molar-refractivity contribution < 1.29 is 109 Å². The van der Waals surface area contributed by atoms with E-state index in [1.54, 1.807) is 19.9 Å². The molecule has 0 N–H and O–H groups in total. The predicted molar refractivity (Wildman–Crippen MR) is 320 cm³/mol. The van der Waals surface area contributed by atoms with Crippen molar-refractivity contribution in [3.05, 3.63) is 134 Å². The van der Waals surface area contributed by atoms with Gasteiger partial charge in [0.2, 0.25) is 5.24 Å². The molecule has 0 saturated carbocycles. The average molecular weight is 1280 g/mol. The second kappa shape index (κ2) is 57.4. The van der Waals surface area contributed by atoms with Gasteiger partial charge in [-0.3, -0.25) is 14.4 Å². The van der Waals surface area contributed by atoms with Crippen LogP contribution in [0.2, 0.25) is 0 Å². The van der Waals surface area contributed by atoms with Crippen LogP contribution in [-0.2, 0) is 99.9 Å². The summed E-state index contributed by atoms with van der Waals surface area (Å²) in [4.78, 5) is 97.6. The smallest absolute Gasteiger partial charge is 0.340 e. The molecule has 3 saturated heterocycles. The van der Waals surface area contributed by atoms with Gasteiger partial charge in [0.1, 0.15) is 77.8 Å². The Morgan fingerprint density at radius 1 is 0.580 bits per heavy atom. The van der Waals surface area contributed by atoms with Gasteiger partial charge in [0, 0.05) is 46.3 Å². The normalized spacial score (nSPS) is 13.2. The van der Waals surface area contributed by atoms with Crippen LogP contribution in [0.15, 0.2) is 123 Å². The Morgan fingerprint density at radius 3 is 1.44 bits per heavy atom. The summed E-state index contributed by atoms with van der Waals surface area (Å²) < 4.78 is 65.8. The Hall–Kier alpha value is -8.71. The van der Waals surface area contributed by atoms with E-state index < -0.39 is 40.3 Å². The molecule has 1 aromatic carbocycles. The Kier molecular flexibility index (Phi) is 55.9. The summed E-state index contributed by atoms with van der Waals surface area (Å²) in [6, 6.07) is 5.83. The molecule has 0 spiro atoms. The van der Waals surface area contributed by atoms with Gasteiger partial charge in [-0.25, -0.2) is 28.8 Å². The molecule has 3 aliphatic heterocycles. The highest BCUT2D eigenvalue weighted by molar-refractivity contribution is 6.67. The Labute approximate surface area is 523 Å². The number of hydrogen-bond donors (Lipinski definition) is 0. The van der Waals surface area contributed by atoms with Crippen LogP contribution in [0.1, 0.15) is 74.6 Å². The maximum absolute atomic E-state index is 11.7. The SMILES string of the molecule is C#CCOCC1CO1.C=C(C)C(=O)OC(=O)C(=C)C.C=C(C)C(=O)OCC1CO1.C=C(C)C(=O)OCCOC#N.C=C(C)C(=O)OCCOC(=O)c1cccc(C(=O)Cl)c1.C=CCOC#N.C=CCOCC1CO1.C=COCCOC(=O)CCCC(=O)Cl. The molecule has 25 nitrogen and oxygen atoms in total. The first kappa shape index (κ1) is 85.7. The highest BCUT2D eigenvalue weighted by atomic mass is 35.5. The van der Waals surface area contributed by atoms with Crippen LogP contribution in [0, 0.1) is 35.4 Å². The molecule has 0 amide bonds. The second-order valence-corrected chi connectivity index (χ2v) is 17.7. The molecule has 3 aliphatic rings. The zero-order valence-corrected chi connectivity index (χ0v) is 51.8. The number of hydrogen-bond acceptors (Lipinski definition) is 25. The van der Waals surface area contributed by atoms with Crippen LogP contribution in [0.3, 0.4) is 0 Å². The molecule has 0 aliphatic carbocycles. The monoisotopic (exact) mass is 1280 g/mol. The van der Waals surface area contributed by atoms with E-state index in [1.807, 2.05) is 0 Å². The topological polar surface area (TPSA) is 340 Å². The van der Waals surface area contributed by atoms with Gasteiger partial charge >= 0.3 is 41.8 Å². The molecular weight excluding hydrogens is 1200 g/mol. The van der Waals surface area contributed by atoms with Crippen molar-refractivity contribution in [3.63, 3.8) is 0 Å². The summed E-state index contributed by atoms with van der Waals surface area (Å²) in [5.41, 5.74) is 1.82. The second-order valence-electron chi connectivity index (χ2n) is 16.9. The number of terminal acetylenes is 1. The van der Waals surface area contributed by atoms with Gasteiger partial charge in [0.05, 0.1) is 51.5 Å². The van der Waals surface area contributed by atoms with Crippen LogP contribution >= 0.6 is 23.2 Å². The van der Waals surface area contributed by atoms with E-state index in [2.05, 4.69) is 77.5 Å². The van der Waals surface area contributed by atoms with Crippen molar-refractivity contribution in [2.45, 2.75) is 72.2 Å². The van der Waals surface area contributed by atoms with Crippen molar-refractivity contribution in [2.75, 3.05) is 99.1 Å². The fourth-order valence-electron chi connectivity index (χ4n) is 3.99. The van der Waals surface area contributed by atoms with Crippen molar-refractivity contribution >= 4 is 75.5 Å². The third-order valence-electron chi connectivity index (χ3n) is 8.52. The van der Waals surface area contributed by atoms with E-state index in [1.165, 1.54) is 69.9 Å². The fraction of sp³-hybridized carbons (Fsp3) is 0.426. The average Bonchev–Trinajstić information content (AvgIpc) is 4.50. The molecular formula is C61H78Cl2N2O23. The Morgan fingerprint density at radius 2 is 1.02 bits per heavy atom. The molecule has 3 heterocycles. The molecule has 484 valence electrons. The van der Waals surface area contributed by atoms with Gasteiger partial charge in [0.25, 0.3) is 17.8 Å². The number of halogens is 2. The molecule has 88 heavy (non-hydrogen) atoms. The number of esters is 7. The summed E-state index contributed by atoms with van der Waals surface area (Å²) in [6.07, 6.45) is 14.1. The number of ether oxygens (including phenoxy) is 14. The highest BCUT2D eigenvalue weighted by Gasteiger charge is 2.24. The minimum atomic E-state index is -0.710. The number of benzene rings is 1. The number of nitrogens with zero attached hydrogens (tertiary/aromatic N) is 2. The van der Waals surface area contributed by atoms with Crippen molar-refractivity contribution in [2.24, 2.45) is 0 Å². The van der Waals surface area contributed by atoms with Gasteiger partial charge in [0.15, 0.2) is 0 Å². The molecule has 4 rings (SSSR count). The first-order valence-electron chi connectivity index (χ1n) is 26.0. The molecule has 0 radical (unpaired) electrons. The highest BCUT2D eigenvalue weighted by Crippen LogP contribution is 2.11. The standard InChI is InChI=1S/C14H13ClO5.C9H13ClO4.C8H10O3.C7H9NO3.C7H10O3.C6H10O2.C6H8O2.C4H5NO/c1-9(2)13(17)19-6-7-20-14(18)11-5-3-4-10(8-11)12(15)16;1-2-13-6-7-14-9(12)5-3-4-8(10)11;1-5(2)7(9)11-8(10)6(3)4;1-6(2)7(9)11-4-3-10-5-8;1-5(2)7(8)10-4-6-3-9-6;2*1-2-3-7-4-6-5-8-6;1-2-3-6-4-5/h3-5,8H,1,6-7H2,2H3;2H,1,3-7H2;1,3H2,2,4H3;1,3-4H2,2H3;6H,1,3-4H2,2H3;2,6H,1,3-5H2;1,6H,3-5H2;2H,1,3H2. The summed E-state index contributed by atoms with van der Waals surface area (Å²) in [7, 11) is 0. The lowest BCUT2D eigenvalue weighted by Crippen LogP contribution is -2.14. The first-order valence-corrected chi connectivity index (χ1v) is 26.7. The number of carbonyl (C=O) groups excluding carboxylic acids is 9. The quantitative estimate of drug-likeness (QED) is 0.00573. The lowest BCUT2D eigenvalue weighted by molar-refractivity contribution is -0.154. The Bertz CT molecular complexity index is 2540. The largest absolute Gasteiger partial charge is 0.498 e. The number of nitriles is 2. The number of carbonyl (C=O) groups is 9. The predicted octanol–water partition coefficient (Wildman–Crippen LogP) is 7.58. The lowest BCUT2D eigenvalue weighted by atomic mass is 10.1. The summed E-state index contributed by atoms with van der Waals surface area (Å²) >= 11 is 10.4.